The number of aromatic nitrogens is 1. The molecule has 4 rings (SSSR count). The summed E-state index contributed by atoms with van der Waals surface area (Å²) in [6.07, 6.45) is -1.26. The lowest BCUT2D eigenvalue weighted by Gasteiger charge is -2.31. The van der Waals surface area contributed by atoms with E-state index in [4.69, 9.17) is 4.74 Å². The first-order valence-corrected chi connectivity index (χ1v) is 12.1. The summed E-state index contributed by atoms with van der Waals surface area (Å²) in [7, 11) is 0. The van der Waals surface area contributed by atoms with Crippen LogP contribution in [0.5, 0.6) is 5.75 Å². The van der Waals surface area contributed by atoms with Gasteiger partial charge in [0, 0.05) is 37.7 Å². The number of amides is 2. The second-order valence-electron chi connectivity index (χ2n) is 9.36. The van der Waals surface area contributed by atoms with Gasteiger partial charge in [-0.3, -0.25) is 9.59 Å². The first kappa shape index (κ1) is 25.0. The van der Waals surface area contributed by atoms with Crippen molar-refractivity contribution in [3.63, 3.8) is 0 Å². The fourth-order valence-electron chi connectivity index (χ4n) is 4.84. The molecule has 1 N–H and O–H groups in total. The van der Waals surface area contributed by atoms with Gasteiger partial charge in [-0.25, -0.2) is 4.98 Å². The van der Waals surface area contributed by atoms with E-state index in [1.54, 1.807) is 17.0 Å². The van der Waals surface area contributed by atoms with Crippen molar-refractivity contribution in [2.45, 2.75) is 44.8 Å². The van der Waals surface area contributed by atoms with E-state index >= 15 is 0 Å². The number of nitrogens with one attached hydrogen (secondary N) is 1. The molecule has 0 spiro atoms. The molecule has 1 unspecified atom stereocenters. The molecule has 188 valence electrons. The molecule has 2 fully saturated rings. The molecule has 1 atom stereocenters. The zero-order valence-corrected chi connectivity index (χ0v) is 19.5. The third kappa shape index (κ3) is 6.52. The van der Waals surface area contributed by atoms with Crippen molar-refractivity contribution in [2.24, 2.45) is 17.8 Å². The Labute approximate surface area is 202 Å². The summed E-state index contributed by atoms with van der Waals surface area (Å²) >= 11 is 0. The lowest BCUT2D eigenvalue weighted by atomic mass is 9.81. The van der Waals surface area contributed by atoms with Crippen molar-refractivity contribution in [3.05, 3.63) is 59.9 Å². The fraction of sp³-hybridized carbons (Fsp3) is 0.500. The van der Waals surface area contributed by atoms with E-state index in [1.165, 1.54) is 6.20 Å². The summed E-state index contributed by atoms with van der Waals surface area (Å²) in [5.74, 6) is -1.52. The van der Waals surface area contributed by atoms with Gasteiger partial charge in [0.2, 0.25) is 5.91 Å². The van der Waals surface area contributed by atoms with Crippen LogP contribution in [-0.2, 0) is 11.3 Å². The van der Waals surface area contributed by atoms with E-state index in [-0.39, 0.29) is 55.0 Å². The fourth-order valence-corrected chi connectivity index (χ4v) is 4.84. The van der Waals surface area contributed by atoms with Gasteiger partial charge in [-0.1, -0.05) is 30.3 Å². The van der Waals surface area contributed by atoms with Crippen LogP contribution in [0.4, 0.5) is 13.2 Å². The van der Waals surface area contributed by atoms with Crippen molar-refractivity contribution in [3.8, 4) is 5.75 Å². The Morgan fingerprint density at radius 2 is 1.77 bits per heavy atom. The molecular weight excluding hydrogens is 459 g/mol. The summed E-state index contributed by atoms with van der Waals surface area (Å²) < 4.78 is 44.7. The molecule has 2 aromatic rings. The minimum Gasteiger partial charge on any atom is -0.491 e. The van der Waals surface area contributed by atoms with Gasteiger partial charge >= 0.3 is 6.18 Å². The molecule has 0 bridgehead atoms. The highest BCUT2D eigenvalue weighted by Crippen LogP contribution is 2.40. The number of hydrogen-bond acceptors (Lipinski definition) is 4. The highest BCUT2D eigenvalue weighted by molar-refractivity contribution is 5.94. The molecule has 1 saturated carbocycles. The van der Waals surface area contributed by atoms with Crippen LogP contribution in [0.2, 0.25) is 0 Å². The summed E-state index contributed by atoms with van der Waals surface area (Å²) in [6, 6.07) is 13.0. The van der Waals surface area contributed by atoms with Crippen molar-refractivity contribution in [2.75, 3.05) is 19.7 Å². The lowest BCUT2D eigenvalue weighted by molar-refractivity contribution is -0.185. The number of alkyl halides is 3. The molecule has 35 heavy (non-hydrogen) atoms. The predicted octanol–water partition coefficient (Wildman–Crippen LogP) is 4.61. The average Bonchev–Trinajstić information content (AvgIpc) is 3.35. The zero-order chi connectivity index (χ0) is 24.8. The van der Waals surface area contributed by atoms with Crippen molar-refractivity contribution in [1.29, 1.82) is 0 Å². The minimum absolute atomic E-state index is 0.0242. The molecule has 1 aromatic carbocycles. The number of likely N-dealkylation sites (tertiary alicyclic amines) is 1. The molecule has 1 aromatic heterocycles. The normalized spacial score (nSPS) is 22.6. The molecule has 1 aliphatic carbocycles. The monoisotopic (exact) mass is 489 g/mol. The lowest BCUT2D eigenvalue weighted by Crippen LogP contribution is -2.38. The van der Waals surface area contributed by atoms with Gasteiger partial charge in [-0.15, -0.1) is 0 Å². The maximum absolute atomic E-state index is 12.9. The molecule has 6 nitrogen and oxygen atoms in total. The number of halogens is 3. The smallest absolute Gasteiger partial charge is 0.391 e. The zero-order valence-electron chi connectivity index (χ0n) is 19.5. The number of pyridine rings is 1. The third-order valence-electron chi connectivity index (χ3n) is 6.89. The number of ether oxygens (including phenoxy) is 1. The molecule has 2 heterocycles. The van der Waals surface area contributed by atoms with E-state index < -0.39 is 12.1 Å². The molecule has 0 radical (unpaired) electrons. The van der Waals surface area contributed by atoms with Gasteiger partial charge in [0.25, 0.3) is 5.91 Å². The van der Waals surface area contributed by atoms with Gasteiger partial charge < -0.3 is 15.0 Å². The molecule has 9 heteroatoms. The van der Waals surface area contributed by atoms with Gasteiger partial charge in [-0.05, 0) is 49.8 Å². The second-order valence-corrected chi connectivity index (χ2v) is 9.36. The first-order chi connectivity index (χ1) is 16.8. The minimum atomic E-state index is -4.17. The van der Waals surface area contributed by atoms with Gasteiger partial charge in [0.05, 0.1) is 12.5 Å². The number of hydrogen-bond donors (Lipinski definition) is 1. The quantitative estimate of drug-likeness (QED) is 0.617. The number of nitrogens with zero attached hydrogens (tertiary/aromatic N) is 2. The Morgan fingerprint density at radius 3 is 2.49 bits per heavy atom. The number of carbonyl (C=O) groups excluding carboxylic acids is 2. The molecular formula is C26H30F3N3O3. The van der Waals surface area contributed by atoms with Crippen molar-refractivity contribution < 1.29 is 27.5 Å². The first-order valence-electron chi connectivity index (χ1n) is 12.1. The van der Waals surface area contributed by atoms with Crippen LogP contribution in [0.1, 0.15) is 48.2 Å². The maximum atomic E-state index is 12.9. The number of carbonyl (C=O) groups is 2. The highest BCUT2D eigenvalue weighted by atomic mass is 19.4. The number of rotatable bonds is 7. The Kier molecular flexibility index (Phi) is 7.93. The van der Waals surface area contributed by atoms with Crippen LogP contribution in [0.15, 0.2) is 48.7 Å². The van der Waals surface area contributed by atoms with E-state index in [0.717, 1.165) is 12.0 Å². The standard InChI is InChI=1S/C26H30F3N3O3/c27-26(28,29)21-10-8-20(9-11-21)25(34)32-14-12-19(16-32)17-35-22-7-4-13-30-23(22)24(33)31-15-18-5-2-1-3-6-18/h1-7,13,19-21H,8-12,14-17H2,(H,31,33). The maximum Gasteiger partial charge on any atom is 0.391 e. The Bertz CT molecular complexity index is 1010. The Hall–Kier alpha value is -3.10. The number of benzene rings is 1. The average molecular weight is 490 g/mol. The molecule has 1 saturated heterocycles. The summed E-state index contributed by atoms with van der Waals surface area (Å²) in [5, 5.41) is 2.85. The van der Waals surface area contributed by atoms with Crippen LogP contribution in [0.3, 0.4) is 0 Å². The van der Waals surface area contributed by atoms with Gasteiger partial charge in [0.1, 0.15) is 0 Å². The highest BCUT2D eigenvalue weighted by Gasteiger charge is 2.43. The van der Waals surface area contributed by atoms with E-state index in [2.05, 4.69) is 10.3 Å². The molecule has 2 amide bonds. The van der Waals surface area contributed by atoms with Crippen molar-refractivity contribution >= 4 is 11.8 Å². The molecule has 1 aliphatic heterocycles. The summed E-state index contributed by atoms with van der Waals surface area (Å²) in [6.45, 7) is 1.78. The SMILES string of the molecule is O=C(NCc1ccccc1)c1ncccc1OCC1CCN(C(=O)C2CCC(C(F)(F)F)CC2)C1. The van der Waals surface area contributed by atoms with Gasteiger partial charge in [0.15, 0.2) is 11.4 Å². The van der Waals surface area contributed by atoms with E-state index in [1.807, 2.05) is 30.3 Å². The summed E-state index contributed by atoms with van der Waals surface area (Å²) in [5.41, 5.74) is 1.18. The van der Waals surface area contributed by atoms with Crippen LogP contribution < -0.4 is 10.1 Å². The van der Waals surface area contributed by atoms with Crippen molar-refractivity contribution in [1.82, 2.24) is 15.2 Å². The predicted molar refractivity (Wildman–Crippen MR) is 124 cm³/mol. The largest absolute Gasteiger partial charge is 0.491 e. The van der Waals surface area contributed by atoms with Crippen LogP contribution >= 0.6 is 0 Å². The van der Waals surface area contributed by atoms with Crippen LogP contribution in [0.25, 0.3) is 0 Å². The summed E-state index contributed by atoms with van der Waals surface area (Å²) in [4.78, 5) is 31.4. The van der Waals surface area contributed by atoms with E-state index in [9.17, 15) is 22.8 Å². The van der Waals surface area contributed by atoms with Crippen LogP contribution in [0, 0.1) is 17.8 Å². The Morgan fingerprint density at radius 1 is 1.03 bits per heavy atom. The second kappa shape index (κ2) is 11.1. The van der Waals surface area contributed by atoms with Crippen LogP contribution in [-0.4, -0.2) is 47.6 Å². The Balaban J connectivity index is 1.26. The third-order valence-corrected chi connectivity index (χ3v) is 6.89. The topological polar surface area (TPSA) is 71.5 Å². The van der Waals surface area contributed by atoms with Gasteiger partial charge in [-0.2, -0.15) is 13.2 Å². The van der Waals surface area contributed by atoms with E-state index in [0.29, 0.717) is 32.0 Å². The molecule has 2 aliphatic rings.